The molecule has 5 heteroatoms. The molecular formula is C12H15NO4. The first-order chi connectivity index (χ1) is 8.08. The van der Waals surface area contributed by atoms with E-state index < -0.39 is 11.9 Å². The van der Waals surface area contributed by atoms with Crippen molar-refractivity contribution in [3.05, 3.63) is 24.2 Å². The van der Waals surface area contributed by atoms with Crippen molar-refractivity contribution in [1.82, 2.24) is 4.90 Å². The van der Waals surface area contributed by atoms with Gasteiger partial charge < -0.3 is 14.4 Å². The fraction of sp³-hybridized carbons (Fsp3) is 0.500. The van der Waals surface area contributed by atoms with Gasteiger partial charge in [-0.1, -0.05) is 0 Å². The maximum absolute atomic E-state index is 11.7. The maximum Gasteiger partial charge on any atom is 0.308 e. The molecule has 2 heterocycles. The van der Waals surface area contributed by atoms with Gasteiger partial charge in [0.15, 0.2) is 0 Å². The third-order valence-corrected chi connectivity index (χ3v) is 3.12. The highest BCUT2D eigenvalue weighted by Crippen LogP contribution is 2.22. The lowest BCUT2D eigenvalue weighted by molar-refractivity contribution is -0.141. The highest BCUT2D eigenvalue weighted by molar-refractivity contribution is 5.86. The van der Waals surface area contributed by atoms with Crippen molar-refractivity contribution in [3.8, 4) is 0 Å². The summed E-state index contributed by atoms with van der Waals surface area (Å²) in [6.07, 6.45) is 2.32. The quantitative estimate of drug-likeness (QED) is 0.852. The maximum atomic E-state index is 11.7. The summed E-state index contributed by atoms with van der Waals surface area (Å²) in [6, 6.07) is 3.62. The number of carbonyl (C=O) groups excluding carboxylic acids is 1. The summed E-state index contributed by atoms with van der Waals surface area (Å²) in [5.74, 6) is -0.742. The van der Waals surface area contributed by atoms with Gasteiger partial charge in [-0.3, -0.25) is 9.59 Å². The van der Waals surface area contributed by atoms with Crippen LogP contribution in [0.2, 0.25) is 0 Å². The molecule has 0 bridgehead atoms. The molecule has 1 amide bonds. The second kappa shape index (κ2) is 4.61. The molecule has 1 aromatic heterocycles. The van der Waals surface area contributed by atoms with Crippen molar-refractivity contribution >= 4 is 11.9 Å². The van der Waals surface area contributed by atoms with E-state index in [0.29, 0.717) is 13.0 Å². The number of nitrogens with zero attached hydrogens (tertiary/aromatic N) is 1. The average molecular weight is 237 g/mol. The van der Waals surface area contributed by atoms with E-state index in [1.807, 2.05) is 13.0 Å². The first kappa shape index (κ1) is 11.7. The largest absolute Gasteiger partial charge is 0.481 e. The molecule has 0 spiro atoms. The molecule has 1 fully saturated rings. The number of aliphatic carboxylic acids is 1. The second-order valence-corrected chi connectivity index (χ2v) is 4.42. The summed E-state index contributed by atoms with van der Waals surface area (Å²) in [5.41, 5.74) is 0. The molecule has 1 saturated heterocycles. The van der Waals surface area contributed by atoms with Crippen molar-refractivity contribution in [2.45, 2.75) is 25.8 Å². The summed E-state index contributed by atoms with van der Waals surface area (Å²) in [5, 5.41) is 8.89. The highest BCUT2D eigenvalue weighted by atomic mass is 16.4. The molecule has 5 nitrogen and oxygen atoms in total. The number of carboxylic acids is 1. The Morgan fingerprint density at radius 1 is 1.71 bits per heavy atom. The molecule has 2 rings (SSSR count). The van der Waals surface area contributed by atoms with Gasteiger partial charge in [0.2, 0.25) is 5.91 Å². The summed E-state index contributed by atoms with van der Waals surface area (Å²) in [7, 11) is 0. The number of hydrogen-bond donors (Lipinski definition) is 1. The molecule has 2 atom stereocenters. The van der Waals surface area contributed by atoms with Gasteiger partial charge in [-0.05, 0) is 19.1 Å². The lowest BCUT2D eigenvalue weighted by atomic mass is 10.1. The SMILES string of the molecule is CC(Cc1ccco1)N1CC(C(=O)O)CC1=O. The van der Waals surface area contributed by atoms with E-state index in [1.165, 1.54) is 0 Å². The number of furan rings is 1. The zero-order valence-corrected chi connectivity index (χ0v) is 9.63. The summed E-state index contributed by atoms with van der Waals surface area (Å²) in [4.78, 5) is 24.2. The van der Waals surface area contributed by atoms with E-state index in [2.05, 4.69) is 0 Å². The molecule has 1 aliphatic heterocycles. The van der Waals surface area contributed by atoms with E-state index in [-0.39, 0.29) is 18.4 Å². The van der Waals surface area contributed by atoms with Crippen molar-refractivity contribution in [3.63, 3.8) is 0 Å². The Bertz CT molecular complexity index is 412. The monoisotopic (exact) mass is 237 g/mol. The predicted octanol–water partition coefficient (Wildman–Crippen LogP) is 1.14. The van der Waals surface area contributed by atoms with Crippen LogP contribution >= 0.6 is 0 Å². The van der Waals surface area contributed by atoms with Crippen molar-refractivity contribution in [2.75, 3.05) is 6.54 Å². The number of carbonyl (C=O) groups is 2. The Balaban J connectivity index is 1.98. The molecule has 1 aliphatic rings. The first-order valence-electron chi connectivity index (χ1n) is 5.62. The van der Waals surface area contributed by atoms with Crippen molar-refractivity contribution in [2.24, 2.45) is 5.92 Å². The topological polar surface area (TPSA) is 70.8 Å². The molecule has 17 heavy (non-hydrogen) atoms. The minimum atomic E-state index is -0.897. The number of likely N-dealkylation sites (tertiary alicyclic amines) is 1. The molecule has 0 aliphatic carbocycles. The van der Waals surface area contributed by atoms with Crippen LogP contribution in [-0.2, 0) is 16.0 Å². The van der Waals surface area contributed by atoms with Crippen LogP contribution in [0.5, 0.6) is 0 Å². The average Bonchev–Trinajstić information content (AvgIpc) is 2.86. The molecule has 1 N–H and O–H groups in total. The Morgan fingerprint density at radius 2 is 2.47 bits per heavy atom. The van der Waals surface area contributed by atoms with Gasteiger partial charge in [-0.25, -0.2) is 0 Å². The van der Waals surface area contributed by atoms with Gasteiger partial charge in [0.1, 0.15) is 5.76 Å². The van der Waals surface area contributed by atoms with Gasteiger partial charge in [-0.15, -0.1) is 0 Å². The van der Waals surface area contributed by atoms with E-state index in [4.69, 9.17) is 9.52 Å². The first-order valence-corrected chi connectivity index (χ1v) is 5.62. The van der Waals surface area contributed by atoms with Crippen LogP contribution in [0, 0.1) is 5.92 Å². The Labute approximate surface area is 99.0 Å². The van der Waals surface area contributed by atoms with Crippen LogP contribution < -0.4 is 0 Å². The lowest BCUT2D eigenvalue weighted by Gasteiger charge is -2.23. The Kier molecular flexibility index (Phi) is 3.17. The standard InChI is InChI=1S/C12H15NO4/c1-8(5-10-3-2-4-17-10)13-7-9(12(15)16)6-11(13)14/h2-4,8-9H,5-7H2,1H3,(H,15,16). The zero-order valence-electron chi connectivity index (χ0n) is 9.63. The zero-order chi connectivity index (χ0) is 12.4. The van der Waals surface area contributed by atoms with E-state index in [1.54, 1.807) is 17.2 Å². The Morgan fingerprint density at radius 3 is 3.00 bits per heavy atom. The molecule has 0 aromatic carbocycles. The number of amides is 1. The minimum absolute atomic E-state index is 0.0296. The number of carboxylic acid groups (broad SMARTS) is 1. The van der Waals surface area contributed by atoms with Crippen LogP contribution in [-0.4, -0.2) is 34.5 Å². The summed E-state index contributed by atoms with van der Waals surface area (Å²) in [6.45, 7) is 2.21. The molecule has 2 unspecified atom stereocenters. The van der Waals surface area contributed by atoms with Crippen LogP contribution in [0.3, 0.4) is 0 Å². The number of rotatable bonds is 4. The second-order valence-electron chi connectivity index (χ2n) is 4.42. The van der Waals surface area contributed by atoms with Gasteiger partial charge in [0, 0.05) is 25.4 Å². The predicted molar refractivity (Wildman–Crippen MR) is 59.3 cm³/mol. The van der Waals surface area contributed by atoms with Crippen LogP contribution in [0.4, 0.5) is 0 Å². The molecule has 92 valence electrons. The summed E-state index contributed by atoms with van der Waals surface area (Å²) < 4.78 is 5.22. The van der Waals surface area contributed by atoms with Crippen LogP contribution in [0.25, 0.3) is 0 Å². The van der Waals surface area contributed by atoms with Gasteiger partial charge >= 0.3 is 5.97 Å². The fourth-order valence-electron chi connectivity index (χ4n) is 2.15. The Hall–Kier alpha value is -1.78. The molecular weight excluding hydrogens is 222 g/mol. The van der Waals surface area contributed by atoms with E-state index in [0.717, 1.165) is 5.76 Å². The van der Waals surface area contributed by atoms with Gasteiger partial charge in [0.05, 0.1) is 12.2 Å². The fourth-order valence-corrected chi connectivity index (χ4v) is 2.15. The van der Waals surface area contributed by atoms with E-state index in [9.17, 15) is 9.59 Å². The lowest BCUT2D eigenvalue weighted by Crippen LogP contribution is -2.36. The van der Waals surface area contributed by atoms with Crippen LogP contribution in [0.1, 0.15) is 19.1 Å². The normalized spacial score (nSPS) is 21.8. The molecule has 0 radical (unpaired) electrons. The van der Waals surface area contributed by atoms with Gasteiger partial charge in [-0.2, -0.15) is 0 Å². The van der Waals surface area contributed by atoms with Crippen molar-refractivity contribution < 1.29 is 19.1 Å². The van der Waals surface area contributed by atoms with Gasteiger partial charge in [0.25, 0.3) is 0 Å². The number of hydrogen-bond acceptors (Lipinski definition) is 3. The van der Waals surface area contributed by atoms with Crippen molar-refractivity contribution in [1.29, 1.82) is 0 Å². The molecule has 0 saturated carbocycles. The third-order valence-electron chi connectivity index (χ3n) is 3.12. The molecule has 1 aromatic rings. The third kappa shape index (κ3) is 2.49. The summed E-state index contributed by atoms with van der Waals surface area (Å²) >= 11 is 0. The minimum Gasteiger partial charge on any atom is -0.481 e. The van der Waals surface area contributed by atoms with Crippen LogP contribution in [0.15, 0.2) is 22.8 Å². The van der Waals surface area contributed by atoms with E-state index >= 15 is 0 Å². The highest BCUT2D eigenvalue weighted by Gasteiger charge is 2.36. The smallest absolute Gasteiger partial charge is 0.308 e.